The monoisotopic (exact) mass is 282 g/mol. The first-order valence-corrected chi connectivity index (χ1v) is 7.29. The van der Waals surface area contributed by atoms with Gasteiger partial charge in [0.15, 0.2) is 11.5 Å². The van der Waals surface area contributed by atoms with E-state index in [9.17, 15) is 4.79 Å². The fraction of sp³-hybridized carbons (Fsp3) is 0.312. The van der Waals surface area contributed by atoms with Crippen molar-refractivity contribution in [3.8, 4) is 0 Å². The van der Waals surface area contributed by atoms with Crippen LogP contribution in [0.4, 0.5) is 5.82 Å². The Hall–Kier alpha value is -2.43. The van der Waals surface area contributed by atoms with Crippen molar-refractivity contribution in [3.63, 3.8) is 0 Å². The van der Waals surface area contributed by atoms with Crippen LogP contribution in [0.25, 0.3) is 21.9 Å². The van der Waals surface area contributed by atoms with E-state index in [1.807, 2.05) is 48.9 Å². The molecule has 3 rings (SSSR count). The number of carbonyl (C=O) groups is 1. The molecule has 5 heteroatoms. The maximum atomic E-state index is 11.8. The maximum absolute atomic E-state index is 11.8. The van der Waals surface area contributed by atoms with Gasteiger partial charge in [0.2, 0.25) is 5.91 Å². The zero-order chi connectivity index (χ0) is 14.8. The minimum Gasteiger partial charge on any atom is -0.309 e. The van der Waals surface area contributed by atoms with Crippen LogP contribution in [-0.2, 0) is 11.3 Å². The second kappa shape index (κ2) is 5.52. The first kappa shape index (κ1) is 13.5. The number of benzene rings is 1. The van der Waals surface area contributed by atoms with Gasteiger partial charge in [-0.3, -0.25) is 4.79 Å². The fourth-order valence-electron chi connectivity index (χ4n) is 2.43. The number of rotatable bonds is 4. The lowest BCUT2D eigenvalue weighted by Gasteiger charge is -2.01. The summed E-state index contributed by atoms with van der Waals surface area (Å²) in [5.74, 6) is 0.594. The van der Waals surface area contributed by atoms with Crippen LogP contribution in [0.5, 0.6) is 0 Å². The Morgan fingerprint density at radius 1 is 1.29 bits per heavy atom. The van der Waals surface area contributed by atoms with Crippen LogP contribution >= 0.6 is 0 Å². The lowest BCUT2D eigenvalue weighted by Crippen LogP contribution is -2.11. The predicted octanol–water partition coefficient (Wildman–Crippen LogP) is 3.34. The molecule has 0 radical (unpaired) electrons. The molecule has 108 valence electrons. The maximum Gasteiger partial charge on any atom is 0.225 e. The highest BCUT2D eigenvalue weighted by molar-refractivity contribution is 6.02. The van der Waals surface area contributed by atoms with Gasteiger partial charge in [0.1, 0.15) is 0 Å². The Kier molecular flexibility index (Phi) is 3.56. The molecule has 0 aliphatic heterocycles. The summed E-state index contributed by atoms with van der Waals surface area (Å²) < 4.78 is 1.82. The quantitative estimate of drug-likeness (QED) is 0.798. The second-order valence-electron chi connectivity index (χ2n) is 5.01. The van der Waals surface area contributed by atoms with Crippen molar-refractivity contribution >= 4 is 33.7 Å². The zero-order valence-corrected chi connectivity index (χ0v) is 12.3. The summed E-state index contributed by atoms with van der Waals surface area (Å²) in [7, 11) is 0. The summed E-state index contributed by atoms with van der Waals surface area (Å²) in [6.45, 7) is 4.71. The molecule has 5 nitrogen and oxygen atoms in total. The average Bonchev–Trinajstić information content (AvgIpc) is 2.82. The number of anilines is 1. The molecule has 21 heavy (non-hydrogen) atoms. The first-order chi connectivity index (χ1) is 10.2. The number of carbonyl (C=O) groups excluding carboxylic acids is 1. The molecule has 0 atom stereocenters. The summed E-state index contributed by atoms with van der Waals surface area (Å²) in [6.07, 6.45) is 1.32. The first-order valence-electron chi connectivity index (χ1n) is 7.29. The van der Waals surface area contributed by atoms with Gasteiger partial charge in [-0.25, -0.2) is 9.67 Å². The highest BCUT2D eigenvalue weighted by Gasteiger charge is 2.14. The van der Waals surface area contributed by atoms with E-state index in [2.05, 4.69) is 15.4 Å². The molecule has 2 heterocycles. The lowest BCUT2D eigenvalue weighted by molar-refractivity contribution is -0.116. The van der Waals surface area contributed by atoms with Gasteiger partial charge in [-0.15, -0.1) is 0 Å². The predicted molar refractivity (Wildman–Crippen MR) is 84.2 cm³/mol. The number of hydrogen-bond donors (Lipinski definition) is 1. The average molecular weight is 282 g/mol. The van der Waals surface area contributed by atoms with Crippen LogP contribution in [0.3, 0.4) is 0 Å². The molecular formula is C16H18N4O. The Morgan fingerprint density at radius 3 is 2.86 bits per heavy atom. The van der Waals surface area contributed by atoms with E-state index in [1.165, 1.54) is 0 Å². The minimum atomic E-state index is -0.00619. The van der Waals surface area contributed by atoms with Crippen molar-refractivity contribution < 1.29 is 4.79 Å². The van der Waals surface area contributed by atoms with E-state index in [-0.39, 0.29) is 5.91 Å². The summed E-state index contributed by atoms with van der Waals surface area (Å²) in [5.41, 5.74) is 1.74. The number of nitrogens with zero attached hydrogens (tertiary/aromatic N) is 3. The van der Waals surface area contributed by atoms with Crippen molar-refractivity contribution in [1.29, 1.82) is 0 Å². The van der Waals surface area contributed by atoms with Gasteiger partial charge < -0.3 is 5.32 Å². The molecule has 1 amide bonds. The van der Waals surface area contributed by atoms with Crippen molar-refractivity contribution in [2.45, 2.75) is 33.2 Å². The number of pyridine rings is 1. The van der Waals surface area contributed by atoms with Gasteiger partial charge in [-0.2, -0.15) is 5.10 Å². The Morgan fingerprint density at radius 2 is 2.10 bits per heavy atom. The molecule has 3 aromatic rings. The van der Waals surface area contributed by atoms with Crippen LogP contribution in [0.1, 0.15) is 26.7 Å². The molecular weight excluding hydrogens is 264 g/mol. The number of amides is 1. The van der Waals surface area contributed by atoms with E-state index < -0.39 is 0 Å². The Bertz CT molecular complexity index is 806. The minimum absolute atomic E-state index is 0.00619. The van der Waals surface area contributed by atoms with Crippen LogP contribution < -0.4 is 5.32 Å². The normalized spacial score (nSPS) is 11.1. The summed E-state index contributed by atoms with van der Waals surface area (Å²) >= 11 is 0. The van der Waals surface area contributed by atoms with Crippen LogP contribution in [0.2, 0.25) is 0 Å². The summed E-state index contributed by atoms with van der Waals surface area (Å²) in [6, 6.07) is 9.99. The molecule has 0 bridgehead atoms. The van der Waals surface area contributed by atoms with E-state index in [0.29, 0.717) is 18.8 Å². The van der Waals surface area contributed by atoms with Crippen molar-refractivity contribution in [2.24, 2.45) is 0 Å². The third-order valence-corrected chi connectivity index (χ3v) is 3.46. The molecule has 1 aromatic carbocycles. The van der Waals surface area contributed by atoms with Gasteiger partial charge >= 0.3 is 0 Å². The number of hydrogen-bond acceptors (Lipinski definition) is 3. The van der Waals surface area contributed by atoms with Gasteiger partial charge in [0, 0.05) is 18.4 Å². The van der Waals surface area contributed by atoms with Crippen LogP contribution in [0.15, 0.2) is 30.3 Å². The van der Waals surface area contributed by atoms with Gasteiger partial charge in [0.05, 0.1) is 10.9 Å². The molecule has 0 spiro atoms. The number of nitrogens with one attached hydrogen (secondary N) is 1. The van der Waals surface area contributed by atoms with Crippen molar-refractivity contribution in [3.05, 3.63) is 30.3 Å². The molecule has 0 aliphatic carbocycles. The SMILES string of the molecule is CCCC(=O)Nc1nn(CC)c2nc3ccccc3cc12. The number of aryl methyl sites for hydroxylation is 1. The third-order valence-electron chi connectivity index (χ3n) is 3.46. The molecule has 0 saturated heterocycles. The molecule has 0 unspecified atom stereocenters. The smallest absolute Gasteiger partial charge is 0.225 e. The Balaban J connectivity index is 2.15. The van der Waals surface area contributed by atoms with Gasteiger partial charge in [-0.1, -0.05) is 25.1 Å². The summed E-state index contributed by atoms with van der Waals surface area (Å²) in [5, 5.41) is 9.31. The van der Waals surface area contributed by atoms with Crippen LogP contribution in [0, 0.1) is 0 Å². The van der Waals surface area contributed by atoms with Crippen LogP contribution in [-0.4, -0.2) is 20.7 Å². The Labute approximate surface area is 123 Å². The highest BCUT2D eigenvalue weighted by Crippen LogP contribution is 2.25. The van der Waals surface area contributed by atoms with E-state index >= 15 is 0 Å². The standard InChI is InChI=1S/C16H18N4O/c1-3-7-14(21)18-15-12-10-11-8-5-6-9-13(11)17-16(12)20(4-2)19-15/h5-6,8-10H,3-4,7H2,1-2H3,(H,18,19,21). The lowest BCUT2D eigenvalue weighted by atomic mass is 10.2. The zero-order valence-electron chi connectivity index (χ0n) is 12.3. The third kappa shape index (κ3) is 2.46. The number of para-hydroxylation sites is 1. The largest absolute Gasteiger partial charge is 0.309 e. The molecule has 2 aromatic heterocycles. The van der Waals surface area contributed by atoms with Crippen molar-refractivity contribution in [1.82, 2.24) is 14.8 Å². The van der Waals surface area contributed by atoms with E-state index in [0.717, 1.165) is 28.4 Å². The van der Waals surface area contributed by atoms with Gasteiger partial charge in [0.25, 0.3) is 0 Å². The second-order valence-corrected chi connectivity index (χ2v) is 5.01. The molecule has 0 aliphatic rings. The van der Waals surface area contributed by atoms with Crippen molar-refractivity contribution in [2.75, 3.05) is 5.32 Å². The topological polar surface area (TPSA) is 59.8 Å². The highest BCUT2D eigenvalue weighted by atomic mass is 16.1. The van der Waals surface area contributed by atoms with E-state index in [4.69, 9.17) is 0 Å². The fourth-order valence-corrected chi connectivity index (χ4v) is 2.43. The van der Waals surface area contributed by atoms with Gasteiger partial charge in [-0.05, 0) is 25.5 Å². The molecule has 0 saturated carbocycles. The molecule has 0 fully saturated rings. The molecule has 1 N–H and O–H groups in total. The summed E-state index contributed by atoms with van der Waals surface area (Å²) in [4.78, 5) is 16.5. The van der Waals surface area contributed by atoms with E-state index in [1.54, 1.807) is 0 Å². The number of aromatic nitrogens is 3. The number of fused-ring (bicyclic) bond motifs is 2.